The number of hydrogen-bond donors (Lipinski definition) is 2. The summed E-state index contributed by atoms with van der Waals surface area (Å²) in [5.41, 5.74) is 3.77. The number of halogens is 1. The van der Waals surface area contributed by atoms with Crippen LogP contribution in [0.3, 0.4) is 0 Å². The zero-order valence-corrected chi connectivity index (χ0v) is 23.1. The predicted octanol–water partition coefficient (Wildman–Crippen LogP) is 4.52. The molecule has 1 amide bonds. The van der Waals surface area contributed by atoms with Crippen LogP contribution < -0.4 is 20.3 Å². The minimum absolute atomic E-state index is 0.190. The maximum absolute atomic E-state index is 14.1. The zero-order chi connectivity index (χ0) is 29.0. The second kappa shape index (κ2) is 11.8. The summed E-state index contributed by atoms with van der Waals surface area (Å²) in [6.45, 7) is 5.06. The molecule has 0 spiro atoms. The van der Waals surface area contributed by atoms with E-state index in [0.29, 0.717) is 40.3 Å². The number of amides is 1. The molecule has 0 fully saturated rings. The first-order valence-electron chi connectivity index (χ1n) is 12.5. The number of nitrogens with one attached hydrogen (secondary N) is 2. The molecule has 0 aliphatic heterocycles. The highest BCUT2D eigenvalue weighted by Gasteiger charge is 2.19. The lowest BCUT2D eigenvalue weighted by Crippen LogP contribution is -2.29. The molecular formula is C29H31FN8O2. The van der Waals surface area contributed by atoms with Gasteiger partial charge in [-0.05, 0) is 44.4 Å². The third-order valence-electron chi connectivity index (χ3n) is 6.42. The van der Waals surface area contributed by atoms with Crippen LogP contribution in [0.4, 0.5) is 27.4 Å². The van der Waals surface area contributed by atoms with E-state index in [1.165, 1.54) is 24.4 Å². The van der Waals surface area contributed by atoms with Gasteiger partial charge in [-0.2, -0.15) is 5.26 Å². The standard InChI is InChI=1S/C29H31FN8O2/c1-7-27(39)33-22-13-23(26(40-6)14-25(22)37(4)11-10-36(2)3)34-29-32-16-18(15-31)28(35-29)21-17-38(5)24-9-8-19(30)12-20(21)24/h7-9,12-14,16-17H,1,10-11H2,2-6H3,(H,33,39)(H,32,34,35). The lowest BCUT2D eigenvalue weighted by molar-refractivity contribution is -0.111. The van der Waals surface area contributed by atoms with E-state index in [2.05, 4.69) is 38.1 Å². The Bertz CT molecular complexity index is 1620. The van der Waals surface area contributed by atoms with E-state index in [1.54, 1.807) is 25.4 Å². The van der Waals surface area contributed by atoms with Crippen LogP contribution in [0.15, 0.2) is 55.4 Å². The number of benzene rings is 2. The minimum Gasteiger partial charge on any atom is -0.494 e. The summed E-state index contributed by atoms with van der Waals surface area (Å²) < 4.78 is 21.6. The largest absolute Gasteiger partial charge is 0.494 e. The number of nitriles is 1. The highest BCUT2D eigenvalue weighted by molar-refractivity contribution is 6.02. The summed E-state index contributed by atoms with van der Waals surface area (Å²) in [4.78, 5) is 25.3. The first-order chi connectivity index (χ1) is 19.1. The minimum atomic E-state index is -0.389. The molecule has 4 rings (SSSR count). The van der Waals surface area contributed by atoms with Crippen molar-refractivity contribution in [1.82, 2.24) is 19.4 Å². The molecule has 10 nitrogen and oxygen atoms in total. The van der Waals surface area contributed by atoms with Gasteiger partial charge in [0.25, 0.3) is 0 Å². The van der Waals surface area contributed by atoms with E-state index in [-0.39, 0.29) is 23.2 Å². The third kappa shape index (κ3) is 5.87. The van der Waals surface area contributed by atoms with Gasteiger partial charge in [0.2, 0.25) is 11.9 Å². The number of carbonyl (C=O) groups excluding carboxylic acids is 1. The fraction of sp³-hybridized carbons (Fsp3) is 0.241. The van der Waals surface area contributed by atoms with Crippen molar-refractivity contribution in [2.24, 2.45) is 7.05 Å². The number of aromatic nitrogens is 3. The number of fused-ring (bicyclic) bond motifs is 1. The molecule has 0 saturated heterocycles. The molecule has 0 bridgehead atoms. The van der Waals surface area contributed by atoms with Crippen LogP contribution in [0.5, 0.6) is 5.75 Å². The Balaban J connectivity index is 1.78. The molecule has 0 atom stereocenters. The number of hydrogen-bond acceptors (Lipinski definition) is 8. The molecule has 0 aliphatic carbocycles. The molecule has 2 aromatic carbocycles. The Morgan fingerprint density at radius 3 is 2.67 bits per heavy atom. The van der Waals surface area contributed by atoms with Crippen molar-refractivity contribution < 1.29 is 13.9 Å². The quantitative estimate of drug-likeness (QED) is 0.282. The van der Waals surface area contributed by atoms with Gasteiger partial charge in [0.05, 0.1) is 41.6 Å². The van der Waals surface area contributed by atoms with Crippen molar-refractivity contribution in [2.75, 3.05) is 56.9 Å². The molecule has 4 aromatic rings. The molecule has 2 N–H and O–H groups in total. The molecule has 206 valence electrons. The summed E-state index contributed by atoms with van der Waals surface area (Å²) in [5.74, 6) is -0.0701. The number of likely N-dealkylation sites (N-methyl/N-ethyl adjacent to an activating group) is 2. The molecule has 0 unspecified atom stereocenters. The molecule has 11 heteroatoms. The number of aryl methyl sites for hydroxylation is 1. The number of rotatable bonds is 10. The normalized spacial score (nSPS) is 10.8. The highest BCUT2D eigenvalue weighted by atomic mass is 19.1. The van der Waals surface area contributed by atoms with Crippen LogP contribution >= 0.6 is 0 Å². The molecule has 2 heterocycles. The van der Waals surface area contributed by atoms with Crippen LogP contribution in [0.25, 0.3) is 22.2 Å². The van der Waals surface area contributed by atoms with Crippen molar-refractivity contribution in [3.63, 3.8) is 0 Å². The second-order valence-electron chi connectivity index (χ2n) is 9.50. The molecule has 0 aliphatic rings. The Labute approximate surface area is 232 Å². The van der Waals surface area contributed by atoms with Gasteiger partial charge in [-0.25, -0.2) is 14.4 Å². The van der Waals surface area contributed by atoms with Crippen LogP contribution in [-0.4, -0.2) is 66.7 Å². The van der Waals surface area contributed by atoms with Gasteiger partial charge in [-0.1, -0.05) is 6.58 Å². The number of ether oxygens (including phenoxy) is 1. The molecule has 0 radical (unpaired) electrons. The van der Waals surface area contributed by atoms with Crippen LogP contribution in [-0.2, 0) is 11.8 Å². The Morgan fingerprint density at radius 1 is 1.23 bits per heavy atom. The van der Waals surface area contributed by atoms with Gasteiger partial charge < -0.3 is 29.7 Å². The Kier molecular flexibility index (Phi) is 8.31. The van der Waals surface area contributed by atoms with E-state index < -0.39 is 0 Å². The van der Waals surface area contributed by atoms with E-state index in [9.17, 15) is 14.4 Å². The Morgan fingerprint density at radius 2 is 2.00 bits per heavy atom. The summed E-state index contributed by atoms with van der Waals surface area (Å²) in [5, 5.41) is 16.4. The van der Waals surface area contributed by atoms with Crippen molar-refractivity contribution in [1.29, 1.82) is 5.26 Å². The maximum Gasteiger partial charge on any atom is 0.247 e. The van der Waals surface area contributed by atoms with Gasteiger partial charge >= 0.3 is 0 Å². The molecule has 2 aromatic heterocycles. The molecular weight excluding hydrogens is 511 g/mol. The number of anilines is 4. The highest BCUT2D eigenvalue weighted by Crippen LogP contribution is 2.38. The molecule has 0 saturated carbocycles. The van der Waals surface area contributed by atoms with E-state index in [1.807, 2.05) is 43.7 Å². The van der Waals surface area contributed by atoms with Gasteiger partial charge in [0.15, 0.2) is 0 Å². The lowest BCUT2D eigenvalue weighted by atomic mass is 10.1. The number of methoxy groups -OCH3 is 1. The monoisotopic (exact) mass is 542 g/mol. The van der Waals surface area contributed by atoms with E-state index in [0.717, 1.165) is 17.7 Å². The topological polar surface area (TPSA) is 111 Å². The van der Waals surface area contributed by atoms with Gasteiger partial charge in [-0.15, -0.1) is 0 Å². The summed E-state index contributed by atoms with van der Waals surface area (Å²) >= 11 is 0. The first kappa shape index (κ1) is 28.1. The fourth-order valence-electron chi connectivity index (χ4n) is 4.31. The van der Waals surface area contributed by atoms with Crippen LogP contribution in [0.1, 0.15) is 5.56 Å². The third-order valence-corrected chi connectivity index (χ3v) is 6.42. The van der Waals surface area contributed by atoms with Crippen molar-refractivity contribution in [2.45, 2.75) is 0 Å². The molecule has 40 heavy (non-hydrogen) atoms. The van der Waals surface area contributed by atoms with Crippen molar-refractivity contribution in [3.05, 3.63) is 66.8 Å². The maximum atomic E-state index is 14.1. The Hall–Kier alpha value is -4.95. The average molecular weight is 543 g/mol. The van der Waals surface area contributed by atoms with Crippen molar-refractivity contribution in [3.8, 4) is 23.1 Å². The van der Waals surface area contributed by atoms with E-state index in [4.69, 9.17) is 4.74 Å². The van der Waals surface area contributed by atoms with Gasteiger partial charge in [-0.3, -0.25) is 4.79 Å². The second-order valence-corrected chi connectivity index (χ2v) is 9.50. The van der Waals surface area contributed by atoms with E-state index >= 15 is 0 Å². The SMILES string of the molecule is C=CC(=O)Nc1cc(Nc2ncc(C#N)c(-c3cn(C)c4ccc(F)cc34)n2)c(OC)cc1N(C)CCN(C)C. The van der Waals surface area contributed by atoms with Crippen LogP contribution in [0.2, 0.25) is 0 Å². The van der Waals surface area contributed by atoms with Gasteiger partial charge in [0, 0.05) is 55.9 Å². The summed E-state index contributed by atoms with van der Waals surface area (Å²) in [6, 6.07) is 10.2. The fourth-order valence-corrected chi connectivity index (χ4v) is 4.31. The smallest absolute Gasteiger partial charge is 0.247 e. The number of nitrogens with zero attached hydrogens (tertiary/aromatic N) is 6. The van der Waals surface area contributed by atoms with Crippen molar-refractivity contribution >= 4 is 39.8 Å². The first-order valence-corrected chi connectivity index (χ1v) is 12.5. The average Bonchev–Trinajstić information content (AvgIpc) is 3.26. The lowest BCUT2D eigenvalue weighted by Gasteiger charge is -2.26. The van der Waals surface area contributed by atoms with Crippen LogP contribution in [0, 0.1) is 17.1 Å². The van der Waals surface area contributed by atoms with Gasteiger partial charge in [0.1, 0.15) is 17.6 Å². The number of carbonyl (C=O) groups is 1. The summed E-state index contributed by atoms with van der Waals surface area (Å²) in [6.07, 6.45) is 4.42. The summed E-state index contributed by atoms with van der Waals surface area (Å²) in [7, 11) is 9.29. The zero-order valence-electron chi connectivity index (χ0n) is 23.1. The predicted molar refractivity (Wildman–Crippen MR) is 156 cm³/mol.